The molecule has 10 heteroatoms. The van der Waals surface area contributed by atoms with Gasteiger partial charge in [0.15, 0.2) is 0 Å². The summed E-state index contributed by atoms with van der Waals surface area (Å²) in [7, 11) is 0. The van der Waals surface area contributed by atoms with Crippen molar-refractivity contribution < 1.29 is 0 Å². The van der Waals surface area contributed by atoms with Crippen LogP contribution in [0.25, 0.3) is 266 Å². The Morgan fingerprint density at radius 1 is 0.128 bits per heavy atom. The van der Waals surface area contributed by atoms with Gasteiger partial charge in [-0.15, -0.1) is 0 Å². The Morgan fingerprint density at radius 3 is 0.601 bits per heavy atom. The monoisotopic (exact) mass is 1890 g/mol. The molecule has 0 aliphatic rings. The van der Waals surface area contributed by atoms with E-state index in [0.29, 0.717) is 0 Å². The molecule has 0 bridgehead atoms. The molecule has 148 heavy (non-hydrogen) atoms. The van der Waals surface area contributed by atoms with Gasteiger partial charge in [0.2, 0.25) is 0 Å². The highest BCUT2D eigenvalue weighted by Gasteiger charge is 2.29. The number of benzene rings is 20. The molecule has 0 aliphatic heterocycles. The summed E-state index contributed by atoms with van der Waals surface area (Å²) in [6.07, 6.45) is 18.0. The zero-order chi connectivity index (χ0) is 97.9. The van der Waals surface area contributed by atoms with E-state index in [2.05, 4.69) is 533 Å². The SMILES string of the molecule is c1ccc(-n2c3ccccc3c3cc(-c4cc(-c5cccc(-c6cccc(-c7ccncc7)c6)c5)cc(-c5cccc(-c6cccc(-c7ccncc7)c6)c5)c4)c4c5ccccc5n(-c5ccccc5)c4c32)cc1.c1ccc(-n2c3ccccc3c3cc(-c4cc(-c5cccc(-c6cccc(-c7cncnc7)c6)c5)cc(-c5cccc(-c6cccc(-c7cncnc7)c6)c5)c4)c4c5ccccc5n(-c5ccccc5)c4c32)cc1. The van der Waals surface area contributed by atoms with Gasteiger partial charge in [-0.05, 0) is 339 Å². The molecule has 0 fully saturated rings. The lowest BCUT2D eigenvalue weighted by atomic mass is 9.89. The fourth-order valence-electron chi connectivity index (χ4n) is 22.3. The van der Waals surface area contributed by atoms with Crippen LogP contribution in [0.4, 0.5) is 0 Å². The third-order valence-electron chi connectivity index (χ3n) is 29.1. The van der Waals surface area contributed by atoms with Crippen LogP contribution < -0.4 is 0 Å². The zero-order valence-corrected chi connectivity index (χ0v) is 80.4. The predicted molar refractivity (Wildman–Crippen MR) is 613 cm³/mol. The summed E-state index contributed by atoms with van der Waals surface area (Å²) in [5.74, 6) is 0. The normalized spacial score (nSPS) is 11.5. The maximum absolute atomic E-state index is 4.30. The van der Waals surface area contributed by atoms with E-state index in [-0.39, 0.29) is 0 Å². The van der Waals surface area contributed by atoms with Crippen LogP contribution in [0.3, 0.4) is 0 Å². The number of pyridine rings is 2. The molecule has 0 atom stereocenters. The number of hydrogen-bond donors (Lipinski definition) is 0. The van der Waals surface area contributed by atoms with E-state index in [0.717, 1.165) is 189 Å². The Morgan fingerprint density at radius 2 is 0.331 bits per heavy atom. The fourth-order valence-corrected chi connectivity index (χ4v) is 22.3. The number of hydrogen-bond acceptors (Lipinski definition) is 6. The van der Waals surface area contributed by atoms with E-state index in [1.807, 2.05) is 49.6 Å². The van der Waals surface area contributed by atoms with Crippen molar-refractivity contribution in [2.75, 3.05) is 0 Å². The topological polar surface area (TPSA) is 97.1 Å². The van der Waals surface area contributed by atoms with Gasteiger partial charge >= 0.3 is 0 Å². The highest BCUT2D eigenvalue weighted by Crippen LogP contribution is 2.52. The molecule has 0 aliphatic carbocycles. The summed E-state index contributed by atoms with van der Waals surface area (Å²) in [6.45, 7) is 0. The Balaban J connectivity index is 0.000000146. The number of nitrogens with zero attached hydrogens (tertiary/aromatic N) is 10. The number of aromatic nitrogens is 10. The van der Waals surface area contributed by atoms with E-state index < -0.39 is 0 Å². The van der Waals surface area contributed by atoms with Crippen LogP contribution >= 0.6 is 0 Å². The molecule has 28 rings (SSSR count). The Labute approximate surface area is 855 Å². The van der Waals surface area contributed by atoms with Gasteiger partial charge in [-0.1, -0.05) is 291 Å². The van der Waals surface area contributed by atoms with Crippen molar-refractivity contribution in [3.05, 3.63) is 548 Å². The number of rotatable bonds is 18. The van der Waals surface area contributed by atoms with Crippen molar-refractivity contribution in [1.29, 1.82) is 0 Å². The third kappa shape index (κ3) is 15.9. The minimum absolute atomic E-state index is 0.981. The average molecular weight is 1890 g/mol. The van der Waals surface area contributed by atoms with Crippen LogP contribution in [-0.2, 0) is 0 Å². The first-order valence-electron chi connectivity index (χ1n) is 50.1. The van der Waals surface area contributed by atoms with Gasteiger partial charge in [-0.25, -0.2) is 19.9 Å². The van der Waals surface area contributed by atoms with Gasteiger partial charge in [0, 0.05) is 127 Å². The van der Waals surface area contributed by atoms with Crippen LogP contribution in [0.2, 0.25) is 0 Å². The summed E-state index contributed by atoms with van der Waals surface area (Å²) < 4.78 is 9.92. The lowest BCUT2D eigenvalue weighted by Crippen LogP contribution is -1.99. The number of para-hydroxylation sites is 8. The second-order valence-corrected chi connectivity index (χ2v) is 37.8. The minimum Gasteiger partial charge on any atom is -0.307 e. The molecule has 0 saturated heterocycles. The van der Waals surface area contributed by atoms with Crippen LogP contribution in [0, 0.1) is 0 Å². The first-order chi connectivity index (χ1) is 73.4. The lowest BCUT2D eigenvalue weighted by Gasteiger charge is -2.16. The number of fused-ring (bicyclic) bond motifs is 14. The highest BCUT2D eigenvalue weighted by molar-refractivity contribution is 6.30. The largest absolute Gasteiger partial charge is 0.307 e. The second-order valence-electron chi connectivity index (χ2n) is 37.8. The minimum atomic E-state index is 0.981. The molecule has 20 aromatic carbocycles. The smallest absolute Gasteiger partial charge is 0.115 e. The summed E-state index contributed by atoms with van der Waals surface area (Å²) in [5.41, 5.74) is 45.3. The van der Waals surface area contributed by atoms with Crippen LogP contribution in [0.5, 0.6) is 0 Å². The molecular weight excluding hydrogens is 1800 g/mol. The van der Waals surface area contributed by atoms with Crippen LogP contribution in [-0.4, -0.2) is 48.2 Å². The van der Waals surface area contributed by atoms with Crippen molar-refractivity contribution in [1.82, 2.24) is 48.2 Å². The molecule has 8 aromatic heterocycles. The third-order valence-corrected chi connectivity index (χ3v) is 29.1. The average Bonchev–Trinajstić information content (AvgIpc) is 1.53. The quantitative estimate of drug-likeness (QED) is 0.0849. The van der Waals surface area contributed by atoms with Gasteiger partial charge in [-0.2, -0.15) is 0 Å². The van der Waals surface area contributed by atoms with Crippen molar-refractivity contribution in [3.8, 4) is 179 Å². The zero-order valence-electron chi connectivity index (χ0n) is 80.4. The van der Waals surface area contributed by atoms with Gasteiger partial charge in [0.1, 0.15) is 12.7 Å². The molecular formula is C138H90N10. The van der Waals surface area contributed by atoms with E-state index in [9.17, 15) is 0 Å². The summed E-state index contributed by atoms with van der Waals surface area (Å²) in [5, 5.41) is 9.60. The van der Waals surface area contributed by atoms with Crippen molar-refractivity contribution >= 4 is 87.2 Å². The van der Waals surface area contributed by atoms with Gasteiger partial charge in [-0.3, -0.25) is 9.97 Å². The molecule has 0 amide bonds. The molecule has 0 radical (unpaired) electrons. The molecule has 0 saturated carbocycles. The molecule has 10 nitrogen and oxygen atoms in total. The van der Waals surface area contributed by atoms with Gasteiger partial charge < -0.3 is 18.3 Å². The lowest BCUT2D eigenvalue weighted by molar-refractivity contribution is 1.15. The summed E-state index contributed by atoms with van der Waals surface area (Å²) >= 11 is 0. The summed E-state index contributed by atoms with van der Waals surface area (Å²) in [4.78, 5) is 25.8. The highest BCUT2D eigenvalue weighted by atomic mass is 15.1. The fraction of sp³-hybridized carbons (Fsp3) is 0. The van der Waals surface area contributed by atoms with Crippen molar-refractivity contribution in [3.63, 3.8) is 0 Å². The molecule has 0 N–H and O–H groups in total. The van der Waals surface area contributed by atoms with E-state index in [1.54, 1.807) is 12.7 Å². The van der Waals surface area contributed by atoms with Crippen LogP contribution in [0.1, 0.15) is 0 Å². The van der Waals surface area contributed by atoms with Gasteiger partial charge in [0.25, 0.3) is 0 Å². The molecule has 692 valence electrons. The van der Waals surface area contributed by atoms with Crippen molar-refractivity contribution in [2.45, 2.75) is 0 Å². The van der Waals surface area contributed by atoms with Crippen LogP contribution in [0.15, 0.2) is 548 Å². The standard InChI is InChI=1S/C70H46N4.C68H44N6/c1-3-23-60(24-4-1)73-66-29-9-7-27-62(66)65-46-64(68-63-28-8-10-30-67(63)74(70(68)69(65)73)61-25-5-2-6-26-61)59-44-57(55-21-13-19-53(41-55)51-17-11-15-49(39-51)47-31-35-71-36-32-47)43-58(45-59)56-22-14-20-54(42-56)52-18-12-16-50(40-52)48-33-37-72-38-34-48;1-3-23-58(24-4-1)73-64-29-9-7-27-60(64)63-38-62(66-61-28-8-10-30-65(61)74(68(66)67(63)73)59-25-5-2-6-26-59)55-36-53(49-19-11-15-45(31-49)47-17-13-21-51(33-47)56-39-69-43-70-40-56)35-54(37-55)50-20-12-16-46(32-50)48-18-14-22-52(34-48)57-41-71-44-72-42-57/h1-46H;1-44H. The maximum atomic E-state index is 4.30. The molecule has 28 aromatic rings. The Kier molecular flexibility index (Phi) is 22.1. The predicted octanol–water partition coefficient (Wildman–Crippen LogP) is 35.5. The van der Waals surface area contributed by atoms with Gasteiger partial charge in [0.05, 0.1) is 44.1 Å². The molecule has 0 unspecified atom stereocenters. The maximum Gasteiger partial charge on any atom is 0.115 e. The first-order valence-corrected chi connectivity index (χ1v) is 50.1. The Bertz CT molecular complexity index is 9090. The van der Waals surface area contributed by atoms with E-state index in [4.69, 9.17) is 0 Å². The second kappa shape index (κ2) is 37.5. The van der Waals surface area contributed by atoms with Crippen molar-refractivity contribution in [2.24, 2.45) is 0 Å². The van der Waals surface area contributed by atoms with E-state index >= 15 is 0 Å². The molecule has 8 heterocycles. The first kappa shape index (κ1) is 87.1. The summed E-state index contributed by atoms with van der Waals surface area (Å²) in [6, 6.07) is 177. The Hall–Kier alpha value is -19.9. The molecule has 0 spiro atoms. The van der Waals surface area contributed by atoms with E-state index in [1.165, 1.54) is 76.3 Å².